The number of carbonyl (C=O) groups excluding carboxylic acids is 1. The van der Waals surface area contributed by atoms with Crippen LogP contribution in [-0.4, -0.2) is 36.0 Å². The molecule has 150 valence electrons. The number of nitrogens with zero attached hydrogens (tertiary/aromatic N) is 1. The molecule has 0 radical (unpaired) electrons. The Kier molecular flexibility index (Phi) is 5.27. The number of halogens is 6. The van der Waals surface area contributed by atoms with Gasteiger partial charge in [0.05, 0.1) is 26.8 Å². The third-order valence-corrected chi connectivity index (χ3v) is 9.07. The lowest BCUT2D eigenvalue weighted by Gasteiger charge is -2.33. The smallest absolute Gasteiger partial charge is 0.309 e. The minimum atomic E-state index is -2.23. The van der Waals surface area contributed by atoms with Crippen LogP contribution in [0.5, 0.6) is 0 Å². The third kappa shape index (κ3) is 2.57. The molecule has 0 aromatic heterocycles. The molecule has 13 heteroatoms. The Labute approximate surface area is 187 Å². The van der Waals surface area contributed by atoms with E-state index >= 15 is 0 Å². The molecular formula is C15H8Cl6N2O5. The fourth-order valence-electron chi connectivity index (χ4n) is 3.54. The molecule has 2 bridgehead atoms. The first-order valence-electron chi connectivity index (χ1n) is 7.41. The Balaban J connectivity index is 2.08. The second-order valence-electron chi connectivity index (χ2n) is 6.22. The molecule has 1 aromatic rings. The van der Waals surface area contributed by atoms with E-state index in [1.807, 2.05) is 0 Å². The number of rotatable bonds is 4. The van der Waals surface area contributed by atoms with Crippen molar-refractivity contribution in [2.45, 2.75) is 14.1 Å². The van der Waals surface area contributed by atoms with Crippen LogP contribution in [0.2, 0.25) is 0 Å². The Bertz CT molecular complexity index is 953. The number of allylic oxidation sites excluding steroid dienone is 2. The van der Waals surface area contributed by atoms with Crippen molar-refractivity contribution in [3.05, 3.63) is 44.4 Å². The highest BCUT2D eigenvalue weighted by Crippen LogP contribution is 2.76. The van der Waals surface area contributed by atoms with Crippen LogP contribution in [0.15, 0.2) is 34.3 Å². The summed E-state index contributed by atoms with van der Waals surface area (Å²) < 4.78 is -2.23. The zero-order chi connectivity index (χ0) is 21.2. The molecule has 0 saturated heterocycles. The Hall–Kier alpha value is -0.960. The summed E-state index contributed by atoms with van der Waals surface area (Å²) in [7, 11) is 0. The molecule has 1 saturated carbocycles. The van der Waals surface area contributed by atoms with Crippen molar-refractivity contribution in [1.82, 2.24) is 0 Å². The Morgan fingerprint density at radius 2 is 1.61 bits per heavy atom. The maximum Gasteiger partial charge on any atom is 0.309 e. The van der Waals surface area contributed by atoms with Crippen LogP contribution in [0.3, 0.4) is 0 Å². The molecule has 0 spiro atoms. The molecule has 1 aromatic carbocycles. The van der Waals surface area contributed by atoms with E-state index in [9.17, 15) is 24.8 Å². The van der Waals surface area contributed by atoms with Crippen molar-refractivity contribution < 1.29 is 19.6 Å². The van der Waals surface area contributed by atoms with E-state index in [4.69, 9.17) is 69.6 Å². The quantitative estimate of drug-likeness (QED) is 0.348. The van der Waals surface area contributed by atoms with Gasteiger partial charge in [-0.05, 0) is 6.07 Å². The van der Waals surface area contributed by atoms with E-state index in [2.05, 4.69) is 5.32 Å². The molecule has 0 unspecified atom stereocenters. The number of hydrogen-bond donors (Lipinski definition) is 2. The molecular weight excluding hydrogens is 501 g/mol. The number of nitro benzene ring substituents is 1. The van der Waals surface area contributed by atoms with Crippen LogP contribution in [0.25, 0.3) is 0 Å². The standard InChI is InChI=1S/C15H8Cl6N2O5/c16-9-10(17)14(19)8(12(25)26)7(13(9,18)15(14,20)21)11(24)22-5-2-1-3-6(4-5)23(27)28/h1-4,7-8H,(H,22,24)(H,25,26)/t7-,8+,13-,14-/m0/s1. The Morgan fingerprint density at radius 1 is 1.07 bits per heavy atom. The van der Waals surface area contributed by atoms with Gasteiger partial charge in [-0.2, -0.15) is 0 Å². The number of aliphatic carboxylic acids is 1. The molecule has 1 fully saturated rings. The number of amides is 1. The number of anilines is 1. The summed E-state index contributed by atoms with van der Waals surface area (Å²) in [5, 5.41) is 22.3. The van der Waals surface area contributed by atoms with Crippen molar-refractivity contribution in [2.24, 2.45) is 11.8 Å². The summed E-state index contributed by atoms with van der Waals surface area (Å²) in [5.41, 5.74) is -0.268. The largest absolute Gasteiger partial charge is 0.481 e. The summed E-state index contributed by atoms with van der Waals surface area (Å²) in [4.78, 5) is 30.8. The van der Waals surface area contributed by atoms with Gasteiger partial charge >= 0.3 is 5.97 Å². The van der Waals surface area contributed by atoms with Crippen LogP contribution in [0.4, 0.5) is 11.4 Å². The van der Waals surface area contributed by atoms with E-state index in [1.165, 1.54) is 18.2 Å². The molecule has 0 heterocycles. The van der Waals surface area contributed by atoms with Crippen molar-refractivity contribution in [2.75, 3.05) is 5.32 Å². The third-order valence-electron chi connectivity index (χ3n) is 4.81. The maximum absolute atomic E-state index is 13.0. The van der Waals surface area contributed by atoms with E-state index in [0.29, 0.717) is 0 Å². The molecule has 4 atom stereocenters. The number of alkyl halides is 4. The van der Waals surface area contributed by atoms with Gasteiger partial charge in [-0.3, -0.25) is 19.7 Å². The van der Waals surface area contributed by atoms with E-state index in [1.54, 1.807) is 0 Å². The monoisotopic (exact) mass is 506 g/mol. The molecule has 2 aliphatic rings. The number of benzene rings is 1. The van der Waals surface area contributed by atoms with Crippen molar-refractivity contribution in [1.29, 1.82) is 0 Å². The highest BCUT2D eigenvalue weighted by Gasteiger charge is 2.85. The number of hydrogen-bond acceptors (Lipinski definition) is 4. The lowest BCUT2D eigenvalue weighted by Crippen LogP contribution is -2.47. The zero-order valence-electron chi connectivity index (χ0n) is 13.3. The molecule has 28 heavy (non-hydrogen) atoms. The van der Waals surface area contributed by atoms with Crippen LogP contribution in [0.1, 0.15) is 0 Å². The van der Waals surface area contributed by atoms with Gasteiger partial charge in [0.2, 0.25) is 5.91 Å². The normalized spacial score (nSPS) is 33.1. The maximum atomic E-state index is 13.0. The van der Waals surface area contributed by atoms with Crippen molar-refractivity contribution in [3.8, 4) is 0 Å². The van der Waals surface area contributed by atoms with Gasteiger partial charge in [-0.25, -0.2) is 0 Å². The summed E-state index contributed by atoms with van der Waals surface area (Å²) in [5.74, 6) is -5.83. The lowest BCUT2D eigenvalue weighted by atomic mass is 9.81. The summed E-state index contributed by atoms with van der Waals surface area (Å²) in [6, 6.07) is 4.99. The molecule has 1 amide bonds. The second-order valence-corrected chi connectivity index (χ2v) is 9.49. The van der Waals surface area contributed by atoms with Crippen LogP contribution in [-0.2, 0) is 9.59 Å². The first kappa shape index (κ1) is 21.7. The first-order chi connectivity index (χ1) is 12.8. The fraction of sp³-hybridized carbons (Fsp3) is 0.333. The minimum Gasteiger partial charge on any atom is -0.481 e. The van der Waals surface area contributed by atoms with Gasteiger partial charge in [0.1, 0.15) is 9.75 Å². The van der Waals surface area contributed by atoms with Gasteiger partial charge < -0.3 is 10.4 Å². The summed E-state index contributed by atoms with van der Waals surface area (Å²) in [6.45, 7) is 0. The second kappa shape index (κ2) is 6.79. The average Bonchev–Trinajstić information content (AvgIpc) is 2.82. The molecule has 7 nitrogen and oxygen atoms in total. The van der Waals surface area contributed by atoms with Gasteiger partial charge in [-0.15, -0.1) is 23.2 Å². The molecule has 2 aliphatic carbocycles. The van der Waals surface area contributed by atoms with E-state index in [0.717, 1.165) is 6.07 Å². The number of fused-ring (bicyclic) bond motifs is 2. The molecule has 0 aliphatic heterocycles. The fourth-order valence-corrected chi connectivity index (χ4v) is 6.48. The molecule has 2 N–H and O–H groups in total. The number of non-ortho nitro benzene ring substituents is 1. The van der Waals surface area contributed by atoms with Crippen molar-refractivity contribution in [3.63, 3.8) is 0 Å². The Morgan fingerprint density at radius 3 is 2.11 bits per heavy atom. The van der Waals surface area contributed by atoms with Gasteiger partial charge in [0.15, 0.2) is 4.33 Å². The minimum absolute atomic E-state index is 0.0240. The van der Waals surface area contributed by atoms with Crippen LogP contribution >= 0.6 is 69.6 Å². The van der Waals surface area contributed by atoms with Crippen LogP contribution in [0, 0.1) is 22.0 Å². The number of carboxylic acid groups (broad SMARTS) is 1. The number of nitrogens with one attached hydrogen (secondary N) is 1. The predicted molar refractivity (Wildman–Crippen MR) is 107 cm³/mol. The highest BCUT2D eigenvalue weighted by atomic mass is 35.5. The zero-order valence-corrected chi connectivity index (χ0v) is 17.8. The topological polar surface area (TPSA) is 110 Å². The molecule has 3 rings (SSSR count). The average molecular weight is 509 g/mol. The summed E-state index contributed by atoms with van der Waals surface area (Å²) in [6.07, 6.45) is 0. The summed E-state index contributed by atoms with van der Waals surface area (Å²) >= 11 is 37.8. The number of nitro groups is 1. The predicted octanol–water partition coefficient (Wildman–Crippen LogP) is 4.70. The van der Waals surface area contributed by atoms with Crippen LogP contribution < -0.4 is 5.32 Å². The van der Waals surface area contributed by atoms with Gasteiger partial charge in [0, 0.05) is 17.8 Å². The lowest BCUT2D eigenvalue weighted by molar-refractivity contribution is -0.384. The van der Waals surface area contributed by atoms with E-state index in [-0.39, 0.29) is 21.4 Å². The SMILES string of the molecule is O=C(Nc1cccc([N+](=O)[O-])c1)[C@@H]1[C@H](C(=O)O)[C@]2(Cl)C(Cl)=C(Cl)[C@]1(Cl)C2(Cl)Cl. The highest BCUT2D eigenvalue weighted by molar-refractivity contribution is 6.66. The van der Waals surface area contributed by atoms with Gasteiger partial charge in [0.25, 0.3) is 5.69 Å². The van der Waals surface area contributed by atoms with Crippen molar-refractivity contribution >= 4 is 92.9 Å². The van der Waals surface area contributed by atoms with Gasteiger partial charge in [-0.1, -0.05) is 52.5 Å². The number of carbonyl (C=O) groups is 2. The number of carboxylic acids is 1. The first-order valence-corrected chi connectivity index (χ1v) is 9.68. The van der Waals surface area contributed by atoms with E-state index < -0.39 is 42.7 Å².